The van der Waals surface area contributed by atoms with Gasteiger partial charge in [-0.15, -0.1) is 0 Å². The molecule has 0 aliphatic carbocycles. The summed E-state index contributed by atoms with van der Waals surface area (Å²) in [5, 5.41) is 8.76. The molecule has 0 saturated heterocycles. The highest BCUT2D eigenvalue weighted by molar-refractivity contribution is 5.67. The van der Waals surface area contributed by atoms with Crippen molar-refractivity contribution in [3.05, 3.63) is 78.4 Å². The molecule has 0 radical (unpaired) electrons. The number of nitrogen functional groups attached to an aromatic ring is 2. The van der Waals surface area contributed by atoms with Crippen LogP contribution < -0.4 is 11.5 Å². The third-order valence-corrected chi connectivity index (χ3v) is 3.19. The summed E-state index contributed by atoms with van der Waals surface area (Å²) in [6.45, 7) is 1.99. The van der Waals surface area contributed by atoms with Gasteiger partial charge < -0.3 is 16.6 Å². The molecule has 3 nitrogen and oxygen atoms in total. The zero-order valence-corrected chi connectivity index (χ0v) is 12.5. The van der Waals surface area contributed by atoms with E-state index in [0.717, 1.165) is 22.5 Å². The fourth-order valence-electron chi connectivity index (χ4n) is 1.90. The lowest BCUT2D eigenvalue weighted by molar-refractivity contribution is 0.475. The van der Waals surface area contributed by atoms with E-state index in [2.05, 4.69) is 0 Å². The average molecular weight is 292 g/mol. The standard InChI is InChI=1S/C12H12N2.C7H8O/c13-11-5-1-9(2-6-11)10-3-7-12(14)8-4-10;1-6-2-4-7(8)5-3-6/h1-8H,13-14H2;2-5,8H,1H3. The molecular formula is C19H20N2O. The van der Waals surface area contributed by atoms with Gasteiger partial charge in [-0.1, -0.05) is 42.0 Å². The molecule has 0 aliphatic heterocycles. The lowest BCUT2D eigenvalue weighted by Crippen LogP contribution is -1.85. The molecule has 3 heteroatoms. The second-order valence-electron chi connectivity index (χ2n) is 5.08. The molecule has 0 aromatic heterocycles. The minimum absolute atomic E-state index is 0.329. The smallest absolute Gasteiger partial charge is 0.115 e. The predicted molar refractivity (Wildman–Crippen MR) is 93.5 cm³/mol. The number of nitrogens with two attached hydrogens (primary N) is 2. The zero-order valence-electron chi connectivity index (χ0n) is 12.5. The zero-order chi connectivity index (χ0) is 15.9. The van der Waals surface area contributed by atoms with Crippen molar-refractivity contribution in [1.82, 2.24) is 0 Å². The number of phenols is 1. The monoisotopic (exact) mass is 292 g/mol. The Kier molecular flexibility index (Phi) is 5.04. The summed E-state index contributed by atoms with van der Waals surface area (Å²) in [7, 11) is 0. The molecule has 0 atom stereocenters. The normalized spacial score (nSPS) is 9.68. The first-order valence-electron chi connectivity index (χ1n) is 7.02. The van der Waals surface area contributed by atoms with Gasteiger partial charge in [0.15, 0.2) is 0 Å². The number of benzene rings is 3. The Morgan fingerprint density at radius 2 is 0.955 bits per heavy atom. The van der Waals surface area contributed by atoms with E-state index >= 15 is 0 Å². The van der Waals surface area contributed by atoms with E-state index in [1.165, 1.54) is 5.56 Å². The maximum Gasteiger partial charge on any atom is 0.115 e. The highest BCUT2D eigenvalue weighted by atomic mass is 16.3. The molecular weight excluding hydrogens is 272 g/mol. The topological polar surface area (TPSA) is 72.3 Å². The van der Waals surface area contributed by atoms with E-state index in [1.54, 1.807) is 12.1 Å². The fourth-order valence-corrected chi connectivity index (χ4v) is 1.90. The van der Waals surface area contributed by atoms with Gasteiger partial charge in [0.05, 0.1) is 0 Å². The molecule has 22 heavy (non-hydrogen) atoms. The van der Waals surface area contributed by atoms with Crippen molar-refractivity contribution in [1.29, 1.82) is 0 Å². The Balaban J connectivity index is 0.000000188. The highest BCUT2D eigenvalue weighted by Crippen LogP contribution is 2.21. The van der Waals surface area contributed by atoms with Gasteiger partial charge in [0.2, 0.25) is 0 Å². The van der Waals surface area contributed by atoms with Crippen LogP contribution in [-0.4, -0.2) is 5.11 Å². The molecule has 3 rings (SSSR count). The van der Waals surface area contributed by atoms with Crippen LogP contribution in [0.25, 0.3) is 11.1 Å². The second-order valence-corrected chi connectivity index (χ2v) is 5.08. The summed E-state index contributed by atoms with van der Waals surface area (Å²) in [5.41, 5.74) is 16.3. The molecule has 3 aromatic carbocycles. The van der Waals surface area contributed by atoms with E-state index < -0.39 is 0 Å². The van der Waals surface area contributed by atoms with Crippen LogP contribution in [0.15, 0.2) is 72.8 Å². The number of aromatic hydroxyl groups is 1. The summed E-state index contributed by atoms with van der Waals surface area (Å²) in [5.74, 6) is 0.329. The van der Waals surface area contributed by atoms with Crippen LogP contribution in [0, 0.1) is 6.92 Å². The van der Waals surface area contributed by atoms with E-state index in [-0.39, 0.29) is 0 Å². The molecule has 0 bridgehead atoms. The molecule has 3 aromatic rings. The van der Waals surface area contributed by atoms with Crippen molar-refractivity contribution < 1.29 is 5.11 Å². The van der Waals surface area contributed by atoms with Gasteiger partial charge in [0.25, 0.3) is 0 Å². The number of aryl methyl sites for hydroxylation is 1. The molecule has 0 saturated carbocycles. The minimum Gasteiger partial charge on any atom is -0.508 e. The Hall–Kier alpha value is -2.94. The minimum atomic E-state index is 0.329. The second kappa shape index (κ2) is 7.18. The first-order valence-corrected chi connectivity index (χ1v) is 7.02. The van der Waals surface area contributed by atoms with E-state index in [9.17, 15) is 0 Å². The number of hydrogen-bond acceptors (Lipinski definition) is 3. The number of phenolic OH excluding ortho intramolecular Hbond substituents is 1. The lowest BCUT2D eigenvalue weighted by atomic mass is 10.1. The Morgan fingerprint density at radius 1 is 0.591 bits per heavy atom. The van der Waals surface area contributed by atoms with Crippen molar-refractivity contribution in [3.8, 4) is 16.9 Å². The van der Waals surface area contributed by atoms with Gasteiger partial charge in [0, 0.05) is 11.4 Å². The van der Waals surface area contributed by atoms with Gasteiger partial charge in [-0.3, -0.25) is 0 Å². The fraction of sp³-hybridized carbons (Fsp3) is 0.0526. The molecule has 0 unspecified atom stereocenters. The lowest BCUT2D eigenvalue weighted by Gasteiger charge is -2.02. The van der Waals surface area contributed by atoms with Crippen molar-refractivity contribution in [2.24, 2.45) is 0 Å². The summed E-state index contributed by atoms with van der Waals surface area (Å²) in [4.78, 5) is 0. The van der Waals surface area contributed by atoms with Crippen LogP contribution in [0.3, 0.4) is 0 Å². The van der Waals surface area contributed by atoms with Crippen molar-refractivity contribution in [2.75, 3.05) is 11.5 Å². The van der Waals surface area contributed by atoms with Crippen LogP contribution in [0.5, 0.6) is 5.75 Å². The SMILES string of the molecule is Cc1ccc(O)cc1.Nc1ccc(-c2ccc(N)cc2)cc1. The number of hydrogen-bond donors (Lipinski definition) is 3. The van der Waals surface area contributed by atoms with E-state index in [1.807, 2.05) is 67.6 Å². The summed E-state index contributed by atoms with van der Waals surface area (Å²) < 4.78 is 0. The van der Waals surface area contributed by atoms with Gasteiger partial charge in [-0.2, -0.15) is 0 Å². The Morgan fingerprint density at radius 3 is 1.27 bits per heavy atom. The quantitative estimate of drug-likeness (QED) is 0.588. The third-order valence-electron chi connectivity index (χ3n) is 3.19. The van der Waals surface area contributed by atoms with E-state index in [4.69, 9.17) is 16.6 Å². The average Bonchev–Trinajstić information content (AvgIpc) is 2.53. The maximum atomic E-state index is 8.76. The Labute approximate surface area is 130 Å². The van der Waals surface area contributed by atoms with Crippen LogP contribution in [0.1, 0.15) is 5.56 Å². The predicted octanol–water partition coefficient (Wildman–Crippen LogP) is 4.22. The van der Waals surface area contributed by atoms with Gasteiger partial charge in [-0.05, 0) is 54.4 Å². The van der Waals surface area contributed by atoms with Crippen molar-refractivity contribution in [3.63, 3.8) is 0 Å². The molecule has 112 valence electrons. The molecule has 0 amide bonds. The molecule has 0 aliphatic rings. The summed E-state index contributed by atoms with van der Waals surface area (Å²) >= 11 is 0. The van der Waals surface area contributed by atoms with E-state index in [0.29, 0.717) is 5.75 Å². The van der Waals surface area contributed by atoms with Crippen molar-refractivity contribution in [2.45, 2.75) is 6.92 Å². The summed E-state index contributed by atoms with van der Waals surface area (Å²) in [6.07, 6.45) is 0. The van der Waals surface area contributed by atoms with Crippen LogP contribution in [0.2, 0.25) is 0 Å². The molecule has 0 heterocycles. The number of anilines is 2. The summed E-state index contributed by atoms with van der Waals surface area (Å²) in [6, 6.07) is 22.7. The largest absolute Gasteiger partial charge is 0.508 e. The number of rotatable bonds is 1. The maximum absolute atomic E-state index is 8.76. The molecule has 0 spiro atoms. The van der Waals surface area contributed by atoms with Gasteiger partial charge in [-0.25, -0.2) is 0 Å². The molecule has 5 N–H and O–H groups in total. The first kappa shape index (κ1) is 15.4. The van der Waals surface area contributed by atoms with Crippen LogP contribution in [0.4, 0.5) is 11.4 Å². The van der Waals surface area contributed by atoms with Crippen LogP contribution >= 0.6 is 0 Å². The van der Waals surface area contributed by atoms with Crippen LogP contribution in [-0.2, 0) is 0 Å². The van der Waals surface area contributed by atoms with Gasteiger partial charge in [0.1, 0.15) is 5.75 Å². The van der Waals surface area contributed by atoms with Gasteiger partial charge >= 0.3 is 0 Å². The molecule has 0 fully saturated rings. The van der Waals surface area contributed by atoms with Crippen molar-refractivity contribution >= 4 is 11.4 Å². The first-order chi connectivity index (χ1) is 10.5. The third kappa shape index (κ3) is 4.56. The highest BCUT2D eigenvalue weighted by Gasteiger charge is 1.95. The Bertz CT molecular complexity index is 637.